The number of alkyl carbamates (subject to hydrolysis) is 1. The Morgan fingerprint density at radius 1 is 1.09 bits per heavy atom. The molecular formula is C28H35NO14. The average Bonchev–Trinajstić information content (AvgIpc) is 3.14. The number of carboxylic acid groups (broad SMARTS) is 3. The first-order chi connectivity index (χ1) is 20.1. The molecule has 0 radical (unpaired) electrons. The van der Waals surface area contributed by atoms with Gasteiger partial charge in [0.1, 0.15) is 12.2 Å². The van der Waals surface area contributed by atoms with E-state index in [1.165, 1.54) is 13.8 Å². The van der Waals surface area contributed by atoms with E-state index in [9.17, 15) is 49.5 Å². The van der Waals surface area contributed by atoms with E-state index >= 15 is 0 Å². The second-order valence-electron chi connectivity index (χ2n) is 10.5. The molecule has 1 amide bonds. The van der Waals surface area contributed by atoms with Crippen LogP contribution in [0, 0.1) is 5.92 Å². The lowest BCUT2D eigenvalue weighted by atomic mass is 9.74. The largest absolute Gasteiger partial charge is 0.479 e. The van der Waals surface area contributed by atoms with E-state index in [-0.39, 0.29) is 24.5 Å². The normalized spacial score (nSPS) is 30.9. The van der Waals surface area contributed by atoms with Crippen LogP contribution in [0.4, 0.5) is 4.79 Å². The van der Waals surface area contributed by atoms with Gasteiger partial charge in [-0.05, 0) is 30.9 Å². The van der Waals surface area contributed by atoms with E-state index in [0.29, 0.717) is 6.42 Å². The van der Waals surface area contributed by atoms with Gasteiger partial charge in [-0.3, -0.25) is 4.79 Å². The highest BCUT2D eigenvalue weighted by atomic mass is 16.8. The Morgan fingerprint density at radius 3 is 2.23 bits per heavy atom. The molecule has 2 saturated heterocycles. The molecule has 43 heavy (non-hydrogen) atoms. The number of hydrogen-bond donors (Lipinski definition) is 6. The number of carbonyl (C=O) groups is 5. The highest BCUT2D eigenvalue weighted by molar-refractivity contribution is 5.98. The minimum Gasteiger partial charge on any atom is -0.479 e. The highest BCUT2D eigenvalue weighted by Gasteiger charge is 2.85. The summed E-state index contributed by atoms with van der Waals surface area (Å²) in [5, 5.41) is 54.7. The molecule has 2 heterocycles. The number of aliphatic carboxylic acids is 3. The molecule has 8 atom stereocenters. The average molecular weight is 610 g/mol. The zero-order valence-electron chi connectivity index (χ0n) is 23.7. The molecule has 0 aromatic heterocycles. The lowest BCUT2D eigenvalue weighted by Gasteiger charge is -2.48. The van der Waals surface area contributed by atoms with Crippen molar-refractivity contribution in [2.75, 3.05) is 6.54 Å². The molecular weight excluding hydrogens is 574 g/mol. The standard InChI is InChI=1S/C28H35NO14/c1-5-29-25(38)41-20-19(31)26(42-21(22(32)33)27(39,23(34)35)28(20,43-26)24(36)37)12-11-14(2)18(40-16(4)30)15(3)13-17-9-7-6-8-10-17/h6-10,15,18-21,31,39H,2,5,11-13H2,1,3-4H3,(H,29,38)(H,32,33)(H,34,35)(H,36,37)/t15-,18-,19-,20-,21?,26?,27?,28?/m1/s1. The summed E-state index contributed by atoms with van der Waals surface area (Å²) in [7, 11) is 0. The molecule has 4 unspecified atom stereocenters. The first kappa shape index (κ1) is 33.5. The molecule has 15 nitrogen and oxygen atoms in total. The number of esters is 1. The lowest BCUT2D eigenvalue weighted by Crippen LogP contribution is -2.78. The van der Waals surface area contributed by atoms with Crippen molar-refractivity contribution in [2.24, 2.45) is 5.92 Å². The summed E-state index contributed by atoms with van der Waals surface area (Å²) in [4.78, 5) is 61.5. The van der Waals surface area contributed by atoms with E-state index in [1.54, 1.807) is 6.92 Å². The fraction of sp³-hybridized carbons (Fsp3) is 0.536. The Kier molecular flexibility index (Phi) is 9.86. The van der Waals surface area contributed by atoms with E-state index < -0.39 is 77.8 Å². The maximum atomic E-state index is 12.7. The molecule has 1 aromatic carbocycles. The molecule has 3 rings (SSSR count). The number of amides is 1. The Hall–Kier alpha value is -4.05. The number of aliphatic hydroxyl groups excluding tert-OH is 1. The molecule has 1 aromatic rings. The Bertz CT molecular complexity index is 1270. The van der Waals surface area contributed by atoms with Gasteiger partial charge in [0.25, 0.3) is 5.60 Å². The molecule has 0 spiro atoms. The Morgan fingerprint density at radius 2 is 1.72 bits per heavy atom. The van der Waals surface area contributed by atoms with Gasteiger partial charge in [0.15, 0.2) is 6.10 Å². The summed E-state index contributed by atoms with van der Waals surface area (Å²) in [5.41, 5.74) is -6.25. The van der Waals surface area contributed by atoms with Crippen LogP contribution in [0.25, 0.3) is 0 Å². The third-order valence-electron chi connectivity index (χ3n) is 7.57. The van der Waals surface area contributed by atoms with Gasteiger partial charge >= 0.3 is 30.0 Å². The van der Waals surface area contributed by atoms with Crippen LogP contribution in [-0.2, 0) is 44.5 Å². The van der Waals surface area contributed by atoms with E-state index in [0.717, 1.165) is 5.56 Å². The molecule has 6 N–H and O–H groups in total. The molecule has 2 aliphatic rings. The summed E-state index contributed by atoms with van der Waals surface area (Å²) in [6, 6.07) is 9.25. The molecule has 2 aliphatic heterocycles. The number of fused-ring (bicyclic) bond motifs is 2. The first-order valence-electron chi connectivity index (χ1n) is 13.4. The molecule has 236 valence electrons. The summed E-state index contributed by atoms with van der Waals surface area (Å²) >= 11 is 0. The summed E-state index contributed by atoms with van der Waals surface area (Å²) in [6.45, 7) is 8.42. The second kappa shape index (κ2) is 12.7. The SMILES string of the molecule is C=C(CCC12OC(C(=O)O)C(O)(C(=O)O)C(C(=O)O)(O1)[C@H](OC(=O)NCC)[C@H]2O)[C@@H](OC(C)=O)[C@H](C)Cc1ccccc1. The summed E-state index contributed by atoms with van der Waals surface area (Å²) < 4.78 is 21.5. The fourth-order valence-electron chi connectivity index (χ4n) is 5.60. The lowest BCUT2D eigenvalue weighted by molar-refractivity contribution is -0.373. The van der Waals surface area contributed by atoms with Crippen molar-refractivity contribution in [1.29, 1.82) is 0 Å². The van der Waals surface area contributed by atoms with Crippen LogP contribution in [-0.4, -0.2) is 103 Å². The third-order valence-corrected chi connectivity index (χ3v) is 7.57. The Balaban J connectivity index is 2.03. The van der Waals surface area contributed by atoms with Crippen molar-refractivity contribution in [3.63, 3.8) is 0 Å². The number of ether oxygens (including phenoxy) is 4. The van der Waals surface area contributed by atoms with Gasteiger partial charge in [-0.15, -0.1) is 0 Å². The molecule has 15 heteroatoms. The fourth-order valence-corrected chi connectivity index (χ4v) is 5.60. The monoisotopic (exact) mass is 609 g/mol. The maximum absolute atomic E-state index is 12.7. The van der Waals surface area contributed by atoms with Gasteiger partial charge in [0, 0.05) is 25.8 Å². The number of carbonyl (C=O) groups excluding carboxylic acids is 2. The smallest absolute Gasteiger partial charge is 0.407 e. The number of rotatable bonds is 13. The van der Waals surface area contributed by atoms with E-state index in [4.69, 9.17) is 18.9 Å². The molecule has 2 fully saturated rings. The second-order valence-corrected chi connectivity index (χ2v) is 10.5. The first-order valence-corrected chi connectivity index (χ1v) is 13.4. The topological polar surface area (TPSA) is 235 Å². The van der Waals surface area contributed by atoms with Gasteiger partial charge in [-0.2, -0.15) is 0 Å². The van der Waals surface area contributed by atoms with Crippen LogP contribution in [0.5, 0.6) is 0 Å². The van der Waals surface area contributed by atoms with E-state index in [1.807, 2.05) is 30.3 Å². The predicted molar refractivity (Wildman–Crippen MR) is 142 cm³/mol. The van der Waals surface area contributed by atoms with Gasteiger partial charge in [0.2, 0.25) is 17.5 Å². The minimum atomic E-state index is -3.88. The molecule has 0 saturated carbocycles. The zero-order valence-corrected chi connectivity index (χ0v) is 23.7. The number of hydrogen-bond acceptors (Lipinski definition) is 11. The van der Waals surface area contributed by atoms with Crippen molar-refractivity contribution in [1.82, 2.24) is 5.32 Å². The van der Waals surface area contributed by atoms with Crippen LogP contribution in [0.15, 0.2) is 42.5 Å². The third kappa shape index (κ3) is 5.93. The van der Waals surface area contributed by atoms with Crippen LogP contribution < -0.4 is 5.32 Å². The van der Waals surface area contributed by atoms with Crippen molar-refractivity contribution in [3.8, 4) is 0 Å². The zero-order chi connectivity index (χ0) is 32.3. The minimum absolute atomic E-state index is 0.0241. The van der Waals surface area contributed by atoms with Gasteiger partial charge in [-0.25, -0.2) is 19.2 Å². The number of benzene rings is 1. The quantitative estimate of drug-likeness (QED) is 0.132. The number of nitrogens with one attached hydrogen (secondary N) is 1. The molecule has 0 aliphatic carbocycles. The van der Waals surface area contributed by atoms with Crippen molar-refractivity contribution in [3.05, 3.63) is 48.0 Å². The van der Waals surface area contributed by atoms with Gasteiger partial charge in [0.05, 0.1) is 0 Å². The van der Waals surface area contributed by atoms with E-state index in [2.05, 4.69) is 11.9 Å². The Labute approximate surface area is 246 Å². The van der Waals surface area contributed by atoms with Crippen molar-refractivity contribution >= 4 is 30.0 Å². The number of aliphatic hydroxyl groups is 2. The highest BCUT2D eigenvalue weighted by Crippen LogP contribution is 2.55. The predicted octanol–water partition coefficient (Wildman–Crippen LogP) is 0.458. The van der Waals surface area contributed by atoms with Crippen LogP contribution in [0.1, 0.15) is 39.2 Å². The van der Waals surface area contributed by atoms with Crippen molar-refractivity contribution in [2.45, 2.75) is 81.4 Å². The van der Waals surface area contributed by atoms with Gasteiger partial charge < -0.3 is 49.8 Å². The number of carboxylic acids is 3. The maximum Gasteiger partial charge on any atom is 0.407 e. The van der Waals surface area contributed by atoms with Crippen LogP contribution in [0.3, 0.4) is 0 Å². The summed E-state index contributed by atoms with van der Waals surface area (Å²) in [6.07, 6.45) is -10.2. The van der Waals surface area contributed by atoms with Crippen LogP contribution in [0.2, 0.25) is 0 Å². The van der Waals surface area contributed by atoms with Gasteiger partial charge in [-0.1, -0.05) is 43.8 Å². The molecule has 2 bridgehead atoms. The summed E-state index contributed by atoms with van der Waals surface area (Å²) in [5.74, 6) is -10.3. The van der Waals surface area contributed by atoms with Crippen LogP contribution >= 0.6 is 0 Å². The van der Waals surface area contributed by atoms with Crippen molar-refractivity contribution < 1.29 is 68.5 Å².